The number of rotatable bonds is 2. The molecule has 0 N–H and O–H groups in total. The highest BCUT2D eigenvalue weighted by Gasteiger charge is 2.27. The van der Waals surface area contributed by atoms with Gasteiger partial charge in [0.15, 0.2) is 0 Å². The maximum Gasteiger partial charge on any atom is 0.0593 e. The van der Waals surface area contributed by atoms with Crippen molar-refractivity contribution in [1.82, 2.24) is 4.90 Å². The summed E-state index contributed by atoms with van der Waals surface area (Å²) >= 11 is 0. The summed E-state index contributed by atoms with van der Waals surface area (Å²) in [5.74, 6) is 1.87. The molecule has 0 aromatic rings. The molecule has 1 saturated carbocycles. The summed E-state index contributed by atoms with van der Waals surface area (Å²) in [6.45, 7) is 9.10. The molecule has 2 fully saturated rings. The van der Waals surface area contributed by atoms with E-state index >= 15 is 0 Å². The second kappa shape index (κ2) is 6.02. The van der Waals surface area contributed by atoms with Crippen LogP contribution in [-0.4, -0.2) is 37.2 Å². The van der Waals surface area contributed by atoms with Crippen molar-refractivity contribution in [2.75, 3.05) is 26.3 Å². The largest absolute Gasteiger partial charge is 0.380 e. The molecule has 1 aliphatic carbocycles. The Labute approximate surface area is 100 Å². The van der Waals surface area contributed by atoms with Gasteiger partial charge in [-0.1, -0.05) is 13.8 Å². The van der Waals surface area contributed by atoms with Crippen molar-refractivity contribution in [2.45, 2.75) is 52.0 Å². The van der Waals surface area contributed by atoms with Gasteiger partial charge in [-0.15, -0.1) is 0 Å². The van der Waals surface area contributed by atoms with Gasteiger partial charge in [0.2, 0.25) is 0 Å². The molecule has 0 unspecified atom stereocenters. The molecule has 1 heterocycles. The predicted octanol–water partition coefficient (Wildman–Crippen LogP) is 2.92. The second-order valence-corrected chi connectivity index (χ2v) is 5.81. The minimum absolute atomic E-state index is 0.858. The van der Waals surface area contributed by atoms with E-state index in [1.165, 1.54) is 38.6 Å². The van der Waals surface area contributed by atoms with Crippen LogP contribution in [0.2, 0.25) is 0 Å². The molecule has 94 valence electrons. The van der Waals surface area contributed by atoms with Crippen LogP contribution in [0.4, 0.5) is 0 Å². The van der Waals surface area contributed by atoms with Crippen LogP contribution < -0.4 is 0 Å². The lowest BCUT2D eigenvalue weighted by atomic mass is 9.79. The van der Waals surface area contributed by atoms with Gasteiger partial charge in [0.05, 0.1) is 6.61 Å². The molecule has 2 nitrogen and oxygen atoms in total. The van der Waals surface area contributed by atoms with Gasteiger partial charge in [-0.3, -0.25) is 4.90 Å². The summed E-state index contributed by atoms with van der Waals surface area (Å²) in [5, 5.41) is 0. The van der Waals surface area contributed by atoms with Crippen LogP contribution >= 0.6 is 0 Å². The van der Waals surface area contributed by atoms with Crippen LogP contribution in [0.15, 0.2) is 0 Å². The molecule has 2 rings (SSSR count). The standard InChI is InChI=1S/C14H27NO/c1-12(2)13-4-6-14(7-5-13)15-8-3-10-16-11-9-15/h12-14H,3-11H2,1-2H3. The molecule has 0 atom stereocenters. The first-order valence-corrected chi connectivity index (χ1v) is 7.09. The first kappa shape index (κ1) is 12.4. The monoisotopic (exact) mass is 225 g/mol. The van der Waals surface area contributed by atoms with Gasteiger partial charge in [-0.05, 0) is 43.9 Å². The Morgan fingerprint density at radius 3 is 2.44 bits per heavy atom. The van der Waals surface area contributed by atoms with Gasteiger partial charge in [0, 0.05) is 25.7 Å². The van der Waals surface area contributed by atoms with E-state index in [1.54, 1.807) is 0 Å². The first-order valence-electron chi connectivity index (χ1n) is 7.09. The Morgan fingerprint density at radius 2 is 1.75 bits per heavy atom. The fraction of sp³-hybridized carbons (Fsp3) is 1.00. The molecule has 0 amide bonds. The topological polar surface area (TPSA) is 12.5 Å². The zero-order valence-corrected chi connectivity index (χ0v) is 11.0. The summed E-state index contributed by atoms with van der Waals surface area (Å²) in [5.41, 5.74) is 0. The highest BCUT2D eigenvalue weighted by atomic mass is 16.5. The van der Waals surface area contributed by atoms with E-state index < -0.39 is 0 Å². The minimum Gasteiger partial charge on any atom is -0.380 e. The van der Waals surface area contributed by atoms with Crippen LogP contribution in [0, 0.1) is 11.8 Å². The lowest BCUT2D eigenvalue weighted by molar-refractivity contribution is 0.106. The highest BCUT2D eigenvalue weighted by Crippen LogP contribution is 2.32. The Balaban J connectivity index is 1.78. The summed E-state index contributed by atoms with van der Waals surface area (Å²) in [7, 11) is 0. The molecule has 0 aromatic carbocycles. The van der Waals surface area contributed by atoms with E-state index in [-0.39, 0.29) is 0 Å². The zero-order valence-electron chi connectivity index (χ0n) is 11.0. The summed E-state index contributed by atoms with van der Waals surface area (Å²) in [6, 6.07) is 0.858. The van der Waals surface area contributed by atoms with Crippen LogP contribution in [0.3, 0.4) is 0 Å². The number of ether oxygens (including phenoxy) is 1. The third kappa shape index (κ3) is 3.21. The smallest absolute Gasteiger partial charge is 0.0593 e. The molecular weight excluding hydrogens is 198 g/mol. The third-order valence-electron chi connectivity index (χ3n) is 4.46. The fourth-order valence-electron chi connectivity index (χ4n) is 3.26. The van der Waals surface area contributed by atoms with Gasteiger partial charge >= 0.3 is 0 Å². The summed E-state index contributed by atoms with van der Waals surface area (Å²) in [6.07, 6.45) is 6.95. The average Bonchev–Trinajstić information content (AvgIpc) is 2.57. The summed E-state index contributed by atoms with van der Waals surface area (Å²) < 4.78 is 5.53. The molecule has 0 spiro atoms. The van der Waals surface area contributed by atoms with Crippen molar-refractivity contribution in [3.8, 4) is 0 Å². The van der Waals surface area contributed by atoms with Crippen LogP contribution in [0.1, 0.15) is 46.0 Å². The maximum absolute atomic E-state index is 5.53. The first-order chi connectivity index (χ1) is 7.77. The Morgan fingerprint density at radius 1 is 1.00 bits per heavy atom. The Hall–Kier alpha value is -0.0800. The van der Waals surface area contributed by atoms with Crippen molar-refractivity contribution in [2.24, 2.45) is 11.8 Å². The third-order valence-corrected chi connectivity index (χ3v) is 4.46. The molecule has 2 aliphatic rings. The Bertz CT molecular complexity index is 189. The molecule has 0 aromatic heterocycles. The molecule has 0 bridgehead atoms. The highest BCUT2D eigenvalue weighted by molar-refractivity contribution is 4.81. The zero-order chi connectivity index (χ0) is 11.4. The average molecular weight is 225 g/mol. The minimum atomic E-state index is 0.858. The van der Waals surface area contributed by atoms with E-state index in [9.17, 15) is 0 Å². The molecular formula is C14H27NO. The molecule has 2 heteroatoms. The maximum atomic E-state index is 5.53. The SMILES string of the molecule is CC(C)C1CCC(N2CCCOCC2)CC1. The van der Waals surface area contributed by atoms with Gasteiger partial charge in [-0.25, -0.2) is 0 Å². The fourth-order valence-corrected chi connectivity index (χ4v) is 3.26. The number of hydrogen-bond acceptors (Lipinski definition) is 2. The number of hydrogen-bond donors (Lipinski definition) is 0. The molecule has 1 saturated heterocycles. The normalized spacial score (nSPS) is 33.9. The lowest BCUT2D eigenvalue weighted by Gasteiger charge is -2.37. The predicted molar refractivity (Wildman–Crippen MR) is 67.6 cm³/mol. The van der Waals surface area contributed by atoms with Gasteiger partial charge in [0.25, 0.3) is 0 Å². The molecule has 0 radical (unpaired) electrons. The van der Waals surface area contributed by atoms with Gasteiger partial charge in [-0.2, -0.15) is 0 Å². The lowest BCUT2D eigenvalue weighted by Crippen LogP contribution is -2.40. The van der Waals surface area contributed by atoms with Gasteiger partial charge < -0.3 is 4.74 Å². The van der Waals surface area contributed by atoms with Crippen molar-refractivity contribution >= 4 is 0 Å². The second-order valence-electron chi connectivity index (χ2n) is 5.81. The Kier molecular flexibility index (Phi) is 4.66. The molecule has 1 aliphatic heterocycles. The molecule has 16 heavy (non-hydrogen) atoms. The van der Waals surface area contributed by atoms with E-state index in [0.717, 1.165) is 37.6 Å². The quantitative estimate of drug-likeness (QED) is 0.716. The van der Waals surface area contributed by atoms with Crippen LogP contribution in [0.5, 0.6) is 0 Å². The van der Waals surface area contributed by atoms with Crippen molar-refractivity contribution < 1.29 is 4.74 Å². The van der Waals surface area contributed by atoms with E-state index in [1.807, 2.05) is 0 Å². The van der Waals surface area contributed by atoms with Crippen molar-refractivity contribution in [3.63, 3.8) is 0 Å². The van der Waals surface area contributed by atoms with Crippen LogP contribution in [0.25, 0.3) is 0 Å². The van der Waals surface area contributed by atoms with Crippen molar-refractivity contribution in [3.05, 3.63) is 0 Å². The van der Waals surface area contributed by atoms with Crippen LogP contribution in [-0.2, 0) is 4.74 Å². The van der Waals surface area contributed by atoms with E-state index in [2.05, 4.69) is 18.7 Å². The number of nitrogens with zero attached hydrogens (tertiary/aromatic N) is 1. The van der Waals surface area contributed by atoms with Gasteiger partial charge in [0.1, 0.15) is 0 Å². The summed E-state index contributed by atoms with van der Waals surface area (Å²) in [4.78, 5) is 2.68. The van der Waals surface area contributed by atoms with Crippen molar-refractivity contribution in [1.29, 1.82) is 0 Å². The van der Waals surface area contributed by atoms with E-state index in [4.69, 9.17) is 4.74 Å². The van der Waals surface area contributed by atoms with E-state index in [0.29, 0.717) is 0 Å².